The van der Waals surface area contributed by atoms with Gasteiger partial charge in [0, 0.05) is 24.6 Å². The highest BCUT2D eigenvalue weighted by Crippen LogP contribution is 2.29. The number of likely N-dealkylation sites (tertiary alicyclic amines) is 1. The molecule has 0 N–H and O–H groups in total. The fraction of sp³-hybridized carbons (Fsp3) is 0.368. The fourth-order valence-electron chi connectivity index (χ4n) is 3.54. The van der Waals surface area contributed by atoms with Gasteiger partial charge in [-0.25, -0.2) is 13.8 Å². The molecule has 1 unspecified atom stereocenters. The molecular weight excluding hydrogens is 368 g/mol. The molecule has 3 heterocycles. The number of carbonyl (C=O) groups excluding carboxylic acids is 1. The Kier molecular flexibility index (Phi) is 4.89. The highest BCUT2D eigenvalue weighted by Gasteiger charge is 2.28. The molecular formula is C19H19F2N5O2. The maximum absolute atomic E-state index is 13.4. The summed E-state index contributed by atoms with van der Waals surface area (Å²) in [4.78, 5) is 22.9. The number of rotatable bonds is 4. The summed E-state index contributed by atoms with van der Waals surface area (Å²) in [6, 6.07) is 8.30. The second-order valence-corrected chi connectivity index (χ2v) is 6.70. The van der Waals surface area contributed by atoms with E-state index in [1.807, 2.05) is 0 Å². The van der Waals surface area contributed by atoms with E-state index in [1.165, 1.54) is 12.4 Å². The first-order valence-electron chi connectivity index (χ1n) is 8.99. The number of halogens is 2. The standard InChI is InChI=1S/C19H19F2N5O2/c1-28-14-6-4-12(5-7-14)18(27)25-8-2-3-13(10-25)15-9-16(17(20)21)26-19(24-15)22-11-23-26/h4-7,9,11,13,17H,2-3,8,10H2,1H3. The van der Waals surface area contributed by atoms with Gasteiger partial charge in [0.1, 0.15) is 17.8 Å². The lowest BCUT2D eigenvalue weighted by molar-refractivity contribution is 0.0705. The molecule has 146 valence electrons. The molecule has 0 spiro atoms. The highest BCUT2D eigenvalue weighted by molar-refractivity contribution is 5.94. The van der Waals surface area contributed by atoms with Crippen LogP contribution in [0.3, 0.4) is 0 Å². The van der Waals surface area contributed by atoms with Gasteiger partial charge < -0.3 is 9.64 Å². The Morgan fingerprint density at radius 2 is 2.07 bits per heavy atom. The predicted octanol–water partition coefficient (Wildman–Crippen LogP) is 3.09. The van der Waals surface area contributed by atoms with Gasteiger partial charge in [0.15, 0.2) is 0 Å². The van der Waals surface area contributed by atoms with E-state index in [0.717, 1.165) is 17.4 Å². The topological polar surface area (TPSA) is 72.6 Å². The van der Waals surface area contributed by atoms with Crippen molar-refractivity contribution < 1.29 is 18.3 Å². The van der Waals surface area contributed by atoms with Crippen LogP contribution in [0.1, 0.15) is 46.9 Å². The normalized spacial score (nSPS) is 17.3. The van der Waals surface area contributed by atoms with Gasteiger partial charge in [-0.1, -0.05) is 0 Å². The molecule has 1 amide bonds. The molecule has 0 saturated carbocycles. The van der Waals surface area contributed by atoms with Crippen molar-refractivity contribution in [2.75, 3.05) is 20.2 Å². The van der Waals surface area contributed by atoms with Crippen LogP contribution in [-0.4, -0.2) is 50.6 Å². The maximum Gasteiger partial charge on any atom is 0.280 e. The van der Waals surface area contributed by atoms with Crippen LogP contribution in [0.4, 0.5) is 8.78 Å². The summed E-state index contributed by atoms with van der Waals surface area (Å²) in [7, 11) is 1.57. The van der Waals surface area contributed by atoms with Gasteiger partial charge in [0.05, 0.1) is 12.8 Å². The largest absolute Gasteiger partial charge is 0.497 e. The lowest BCUT2D eigenvalue weighted by atomic mass is 9.93. The summed E-state index contributed by atoms with van der Waals surface area (Å²) in [6.07, 6.45) is 0.0625. The summed E-state index contributed by atoms with van der Waals surface area (Å²) < 4.78 is 33.0. The third kappa shape index (κ3) is 3.39. The quantitative estimate of drug-likeness (QED) is 0.688. The van der Waals surface area contributed by atoms with E-state index in [-0.39, 0.29) is 23.3 Å². The third-order valence-electron chi connectivity index (χ3n) is 4.99. The van der Waals surface area contributed by atoms with Crippen LogP contribution in [0, 0.1) is 0 Å². The van der Waals surface area contributed by atoms with Crippen LogP contribution in [0.5, 0.6) is 5.75 Å². The predicted molar refractivity (Wildman–Crippen MR) is 96.6 cm³/mol. The van der Waals surface area contributed by atoms with Gasteiger partial charge >= 0.3 is 0 Å². The van der Waals surface area contributed by atoms with Crippen molar-refractivity contribution in [2.45, 2.75) is 25.2 Å². The number of alkyl halides is 2. The number of amides is 1. The molecule has 0 aliphatic carbocycles. The molecule has 2 aromatic heterocycles. The zero-order valence-corrected chi connectivity index (χ0v) is 15.3. The number of nitrogens with zero attached hydrogens (tertiary/aromatic N) is 5. The van der Waals surface area contributed by atoms with E-state index < -0.39 is 6.43 Å². The van der Waals surface area contributed by atoms with Crippen LogP contribution in [0.15, 0.2) is 36.7 Å². The van der Waals surface area contributed by atoms with Crippen molar-refractivity contribution in [1.29, 1.82) is 0 Å². The minimum Gasteiger partial charge on any atom is -0.497 e. The average molecular weight is 387 g/mol. The molecule has 1 fully saturated rings. The van der Waals surface area contributed by atoms with E-state index in [4.69, 9.17) is 4.74 Å². The first kappa shape index (κ1) is 18.3. The Bertz CT molecular complexity index is 990. The van der Waals surface area contributed by atoms with Crippen molar-refractivity contribution >= 4 is 11.7 Å². The number of hydrogen-bond donors (Lipinski definition) is 0. The van der Waals surface area contributed by atoms with E-state index in [1.54, 1.807) is 36.3 Å². The van der Waals surface area contributed by atoms with E-state index in [0.29, 0.717) is 30.1 Å². The Labute approximate surface area is 160 Å². The molecule has 1 aliphatic rings. The lowest BCUT2D eigenvalue weighted by Crippen LogP contribution is -2.39. The average Bonchev–Trinajstić information content (AvgIpc) is 3.21. The molecule has 4 rings (SSSR count). The fourth-order valence-corrected chi connectivity index (χ4v) is 3.54. The zero-order chi connectivity index (χ0) is 19.7. The molecule has 28 heavy (non-hydrogen) atoms. The summed E-state index contributed by atoms with van der Waals surface area (Å²) >= 11 is 0. The number of fused-ring (bicyclic) bond motifs is 1. The molecule has 1 aromatic carbocycles. The van der Waals surface area contributed by atoms with Gasteiger partial charge in [0.2, 0.25) is 0 Å². The number of carbonyl (C=O) groups is 1. The number of ether oxygens (including phenoxy) is 1. The summed E-state index contributed by atoms with van der Waals surface area (Å²) in [5.41, 5.74) is 0.842. The summed E-state index contributed by atoms with van der Waals surface area (Å²) in [6.45, 7) is 1.04. The van der Waals surface area contributed by atoms with E-state index in [9.17, 15) is 13.6 Å². The zero-order valence-electron chi connectivity index (χ0n) is 15.3. The van der Waals surface area contributed by atoms with Crippen molar-refractivity contribution in [1.82, 2.24) is 24.5 Å². The highest BCUT2D eigenvalue weighted by atomic mass is 19.3. The number of benzene rings is 1. The minimum atomic E-state index is -2.69. The van der Waals surface area contributed by atoms with Crippen LogP contribution in [-0.2, 0) is 0 Å². The molecule has 9 heteroatoms. The van der Waals surface area contributed by atoms with Gasteiger partial charge in [-0.2, -0.15) is 14.6 Å². The monoisotopic (exact) mass is 387 g/mol. The molecule has 1 aliphatic heterocycles. The smallest absolute Gasteiger partial charge is 0.280 e. The Morgan fingerprint density at radius 3 is 2.79 bits per heavy atom. The van der Waals surface area contributed by atoms with Crippen LogP contribution in [0.2, 0.25) is 0 Å². The number of aromatic nitrogens is 4. The molecule has 1 atom stereocenters. The van der Waals surface area contributed by atoms with Crippen LogP contribution < -0.4 is 4.74 Å². The second-order valence-electron chi connectivity index (χ2n) is 6.70. The van der Waals surface area contributed by atoms with Crippen molar-refractivity contribution in [3.63, 3.8) is 0 Å². The summed E-state index contributed by atoms with van der Waals surface area (Å²) in [5.74, 6) is 0.602. The SMILES string of the molecule is COc1ccc(C(=O)N2CCCC(c3cc(C(F)F)n4ncnc4n3)C2)cc1. The minimum absolute atomic E-state index is 0.0926. The maximum atomic E-state index is 13.4. The first-order valence-corrected chi connectivity index (χ1v) is 8.99. The summed E-state index contributed by atoms with van der Waals surface area (Å²) in [5, 5.41) is 3.81. The van der Waals surface area contributed by atoms with Crippen LogP contribution >= 0.6 is 0 Å². The van der Waals surface area contributed by atoms with Gasteiger partial charge in [-0.15, -0.1) is 0 Å². The van der Waals surface area contributed by atoms with Gasteiger partial charge in [0.25, 0.3) is 18.1 Å². The van der Waals surface area contributed by atoms with Crippen molar-refractivity contribution in [3.8, 4) is 5.75 Å². The number of hydrogen-bond acceptors (Lipinski definition) is 5. The molecule has 3 aromatic rings. The third-order valence-corrected chi connectivity index (χ3v) is 4.99. The molecule has 7 nitrogen and oxygen atoms in total. The second kappa shape index (κ2) is 7.49. The Morgan fingerprint density at radius 1 is 1.29 bits per heavy atom. The first-order chi connectivity index (χ1) is 13.6. The van der Waals surface area contributed by atoms with Crippen molar-refractivity contribution in [3.05, 3.63) is 53.6 Å². The van der Waals surface area contributed by atoms with E-state index >= 15 is 0 Å². The van der Waals surface area contributed by atoms with Gasteiger partial charge in [-0.05, 0) is 43.2 Å². The Hall–Kier alpha value is -3.10. The Balaban J connectivity index is 1.58. The van der Waals surface area contributed by atoms with Crippen molar-refractivity contribution in [2.24, 2.45) is 0 Å². The number of methoxy groups -OCH3 is 1. The molecule has 1 saturated heterocycles. The van der Waals surface area contributed by atoms with Gasteiger partial charge in [-0.3, -0.25) is 4.79 Å². The van der Waals surface area contributed by atoms with Crippen LogP contribution in [0.25, 0.3) is 5.78 Å². The molecule has 0 radical (unpaired) electrons. The number of piperidine rings is 1. The van der Waals surface area contributed by atoms with E-state index in [2.05, 4.69) is 15.1 Å². The lowest BCUT2D eigenvalue weighted by Gasteiger charge is -2.32. The molecule has 0 bridgehead atoms.